The Kier molecular flexibility index (Phi) is 6.69. The number of hydrogen-bond acceptors (Lipinski definition) is 9. The molecule has 0 spiro atoms. The summed E-state index contributed by atoms with van der Waals surface area (Å²) in [7, 11) is 0. The van der Waals surface area contributed by atoms with Crippen molar-refractivity contribution in [3.05, 3.63) is 36.9 Å². The van der Waals surface area contributed by atoms with Crippen molar-refractivity contribution < 1.29 is 15.0 Å². The second-order valence-corrected chi connectivity index (χ2v) is 7.49. The fraction of sp³-hybridized carbons (Fsp3) is 0.350. The van der Waals surface area contributed by atoms with Gasteiger partial charge in [-0.2, -0.15) is 14.8 Å². The van der Waals surface area contributed by atoms with Crippen LogP contribution in [0.4, 0.5) is 10.7 Å². The zero-order valence-electron chi connectivity index (χ0n) is 17.7. The topological polar surface area (TPSA) is 183 Å². The van der Waals surface area contributed by atoms with Crippen LogP contribution in [-0.4, -0.2) is 68.7 Å². The standard InChI is InChI=1S/C19H21N9O.CH3NO2/c29-8-7-27-12-14(10-22-27)13-5-6-17(20-9-13)28-18-16(25-26-28)11-21-19(24-18)23-15-3-1-2-4-15;2-1(3)4/h5-6,9-12,15,29H,1-4,7-8H2,(H,21,23,24);2H2,(H,3,4). The summed E-state index contributed by atoms with van der Waals surface area (Å²) in [5.74, 6) is 1.23. The van der Waals surface area contributed by atoms with Crippen molar-refractivity contribution in [2.75, 3.05) is 11.9 Å². The Hall–Kier alpha value is -4.13. The SMILES string of the molecule is NC(=O)O.OCCn1cc(-c2ccc(-n3nnc4cnc(NC5CCCC5)nc43)nc2)cn1. The number of nitrogens with zero attached hydrogens (tertiary/aromatic N) is 8. The number of amides is 1. The average molecular weight is 452 g/mol. The minimum atomic E-state index is -1.33. The maximum atomic E-state index is 9.02. The van der Waals surface area contributed by atoms with Crippen LogP contribution in [0.5, 0.6) is 0 Å². The molecule has 4 heterocycles. The molecule has 0 atom stereocenters. The Balaban J connectivity index is 0.000000601. The van der Waals surface area contributed by atoms with Gasteiger partial charge in [-0.05, 0) is 25.0 Å². The van der Waals surface area contributed by atoms with Crippen LogP contribution < -0.4 is 11.1 Å². The van der Waals surface area contributed by atoms with Gasteiger partial charge in [0.1, 0.15) is 0 Å². The fourth-order valence-electron chi connectivity index (χ4n) is 3.62. The third kappa shape index (κ3) is 5.38. The van der Waals surface area contributed by atoms with E-state index in [9.17, 15) is 0 Å². The molecule has 4 aromatic rings. The maximum Gasteiger partial charge on any atom is 0.402 e. The van der Waals surface area contributed by atoms with Crippen molar-refractivity contribution in [2.45, 2.75) is 38.3 Å². The predicted molar refractivity (Wildman–Crippen MR) is 119 cm³/mol. The summed E-state index contributed by atoms with van der Waals surface area (Å²) in [6.45, 7) is 0.518. The van der Waals surface area contributed by atoms with Crippen molar-refractivity contribution in [2.24, 2.45) is 5.73 Å². The number of primary amides is 1. The van der Waals surface area contributed by atoms with E-state index in [0.29, 0.717) is 35.5 Å². The smallest absolute Gasteiger partial charge is 0.402 e. The number of aliphatic hydroxyl groups excluding tert-OH is 1. The fourth-order valence-corrected chi connectivity index (χ4v) is 3.62. The molecule has 0 unspecified atom stereocenters. The van der Waals surface area contributed by atoms with Crippen LogP contribution in [0.3, 0.4) is 0 Å². The van der Waals surface area contributed by atoms with Crippen molar-refractivity contribution in [1.82, 2.24) is 39.7 Å². The minimum absolute atomic E-state index is 0.0527. The molecule has 1 aliphatic rings. The monoisotopic (exact) mass is 452 g/mol. The van der Waals surface area contributed by atoms with E-state index in [1.54, 1.807) is 28.0 Å². The van der Waals surface area contributed by atoms with E-state index >= 15 is 0 Å². The number of fused-ring (bicyclic) bond motifs is 1. The molecule has 13 heteroatoms. The number of rotatable bonds is 6. The summed E-state index contributed by atoms with van der Waals surface area (Å²) in [6.07, 6.45) is 10.5. The third-order valence-electron chi connectivity index (χ3n) is 5.14. The summed E-state index contributed by atoms with van der Waals surface area (Å²) >= 11 is 0. The van der Waals surface area contributed by atoms with Crippen molar-refractivity contribution in [1.29, 1.82) is 0 Å². The molecule has 33 heavy (non-hydrogen) atoms. The van der Waals surface area contributed by atoms with E-state index in [2.05, 4.69) is 41.4 Å². The zero-order chi connectivity index (χ0) is 23.2. The average Bonchev–Trinajstić information content (AvgIpc) is 3.55. The molecule has 172 valence electrons. The molecule has 5 N–H and O–H groups in total. The molecule has 0 bridgehead atoms. The van der Waals surface area contributed by atoms with E-state index in [0.717, 1.165) is 24.0 Å². The Morgan fingerprint density at radius 1 is 1.15 bits per heavy atom. The molecule has 4 aromatic heterocycles. The van der Waals surface area contributed by atoms with Gasteiger partial charge in [0.05, 0.1) is 25.5 Å². The maximum absolute atomic E-state index is 9.02. The first-order valence-electron chi connectivity index (χ1n) is 10.5. The summed E-state index contributed by atoms with van der Waals surface area (Å²) in [6, 6.07) is 4.26. The number of carboxylic acid groups (broad SMARTS) is 1. The Labute approximate surface area is 188 Å². The van der Waals surface area contributed by atoms with Gasteiger partial charge in [0.25, 0.3) is 0 Å². The van der Waals surface area contributed by atoms with E-state index in [4.69, 9.17) is 15.0 Å². The zero-order valence-corrected chi connectivity index (χ0v) is 17.7. The Bertz CT molecular complexity index is 1210. The number of carbonyl (C=O) groups is 1. The molecule has 0 aliphatic heterocycles. The summed E-state index contributed by atoms with van der Waals surface area (Å²) in [4.78, 5) is 22.3. The summed E-state index contributed by atoms with van der Waals surface area (Å²) in [5, 5.41) is 32.2. The number of nitrogens with two attached hydrogens (primary N) is 1. The molecule has 0 saturated heterocycles. The highest BCUT2D eigenvalue weighted by molar-refractivity contribution is 5.72. The molecule has 0 aromatic carbocycles. The van der Waals surface area contributed by atoms with Crippen LogP contribution in [0.25, 0.3) is 28.1 Å². The van der Waals surface area contributed by atoms with Crippen LogP contribution in [-0.2, 0) is 6.54 Å². The molecular formula is C20H24N10O3. The van der Waals surface area contributed by atoms with E-state index in [-0.39, 0.29) is 6.61 Å². The van der Waals surface area contributed by atoms with E-state index < -0.39 is 6.09 Å². The minimum Gasteiger partial charge on any atom is -0.465 e. The molecule has 1 aliphatic carbocycles. The molecule has 1 saturated carbocycles. The third-order valence-corrected chi connectivity index (χ3v) is 5.14. The molecule has 13 nitrogen and oxygen atoms in total. The second-order valence-electron chi connectivity index (χ2n) is 7.49. The van der Waals surface area contributed by atoms with Crippen molar-refractivity contribution in [3.63, 3.8) is 0 Å². The number of pyridine rings is 1. The quantitative estimate of drug-likeness (QED) is 0.334. The molecule has 1 amide bonds. The van der Waals surface area contributed by atoms with Crippen LogP contribution >= 0.6 is 0 Å². The van der Waals surface area contributed by atoms with Gasteiger partial charge in [0.2, 0.25) is 5.95 Å². The van der Waals surface area contributed by atoms with Gasteiger partial charge in [-0.25, -0.2) is 14.8 Å². The first-order valence-corrected chi connectivity index (χ1v) is 10.5. The highest BCUT2D eigenvalue weighted by atomic mass is 16.4. The Morgan fingerprint density at radius 2 is 1.94 bits per heavy atom. The normalized spacial score (nSPS) is 13.6. The van der Waals surface area contributed by atoms with E-state index in [1.807, 2.05) is 18.3 Å². The van der Waals surface area contributed by atoms with Crippen LogP contribution in [0, 0.1) is 0 Å². The highest BCUT2D eigenvalue weighted by Crippen LogP contribution is 2.22. The number of aliphatic hydroxyl groups is 1. The summed E-state index contributed by atoms with van der Waals surface area (Å²) < 4.78 is 3.32. The van der Waals surface area contributed by atoms with Crippen LogP contribution in [0.15, 0.2) is 36.9 Å². The lowest BCUT2D eigenvalue weighted by Crippen LogP contribution is -2.16. The lowest BCUT2D eigenvalue weighted by Gasteiger charge is -2.11. The molecular weight excluding hydrogens is 428 g/mol. The first-order chi connectivity index (χ1) is 16.0. The van der Waals surface area contributed by atoms with E-state index in [1.165, 1.54) is 12.8 Å². The van der Waals surface area contributed by atoms with Gasteiger partial charge in [0.15, 0.2) is 17.0 Å². The molecule has 0 radical (unpaired) electrons. The first kappa shape index (κ1) is 22.1. The number of hydrogen-bond donors (Lipinski definition) is 4. The molecule has 1 fully saturated rings. The number of nitrogens with one attached hydrogen (secondary N) is 1. The van der Waals surface area contributed by atoms with Crippen LogP contribution in [0.2, 0.25) is 0 Å². The van der Waals surface area contributed by atoms with Crippen LogP contribution in [0.1, 0.15) is 25.7 Å². The van der Waals surface area contributed by atoms with Gasteiger partial charge in [-0.1, -0.05) is 18.1 Å². The van der Waals surface area contributed by atoms with Gasteiger partial charge >= 0.3 is 6.09 Å². The lowest BCUT2D eigenvalue weighted by atomic mass is 10.2. The predicted octanol–water partition coefficient (Wildman–Crippen LogP) is 1.44. The molecule has 5 rings (SSSR count). The summed E-state index contributed by atoms with van der Waals surface area (Å²) in [5.41, 5.74) is 7.14. The van der Waals surface area contributed by atoms with Gasteiger partial charge in [0, 0.05) is 29.6 Å². The van der Waals surface area contributed by atoms with Gasteiger partial charge in [-0.3, -0.25) is 4.68 Å². The number of anilines is 1. The lowest BCUT2D eigenvalue weighted by molar-refractivity contribution is 0.205. The van der Waals surface area contributed by atoms with Gasteiger partial charge < -0.3 is 21.3 Å². The second kappa shape index (κ2) is 9.99. The Morgan fingerprint density at radius 3 is 2.64 bits per heavy atom. The number of aromatic nitrogens is 8. The van der Waals surface area contributed by atoms with Gasteiger partial charge in [-0.15, -0.1) is 5.10 Å². The largest absolute Gasteiger partial charge is 0.465 e. The van der Waals surface area contributed by atoms with Crippen molar-refractivity contribution >= 4 is 23.2 Å². The highest BCUT2D eigenvalue weighted by Gasteiger charge is 2.17. The van der Waals surface area contributed by atoms with Crippen molar-refractivity contribution in [3.8, 4) is 16.9 Å².